The predicted molar refractivity (Wildman–Crippen MR) is 119 cm³/mol. The quantitative estimate of drug-likeness (QED) is 0.524. The fraction of sp³-hybridized carbons (Fsp3) is 0.348. The summed E-state index contributed by atoms with van der Waals surface area (Å²) in [4.78, 5) is 14.4. The molecule has 0 atom stereocenters. The van der Waals surface area contributed by atoms with Gasteiger partial charge in [0.05, 0.1) is 5.02 Å². The molecule has 0 aliphatic heterocycles. The lowest BCUT2D eigenvalue weighted by Gasteiger charge is -2.18. The lowest BCUT2D eigenvalue weighted by molar-refractivity contribution is -0.111. The number of alkyl halides is 2. The molecule has 2 rings (SSSR count). The molecule has 1 amide bonds. The van der Waals surface area contributed by atoms with Gasteiger partial charge in [0, 0.05) is 41.2 Å². The highest BCUT2D eigenvalue weighted by Gasteiger charge is 2.24. The normalized spacial score (nSPS) is 11.2. The van der Waals surface area contributed by atoms with E-state index in [1.54, 1.807) is 12.1 Å². The Morgan fingerprint density at radius 2 is 1.80 bits per heavy atom. The third-order valence-electron chi connectivity index (χ3n) is 4.69. The van der Waals surface area contributed by atoms with Crippen LogP contribution in [0.25, 0.3) is 0 Å². The van der Waals surface area contributed by atoms with Gasteiger partial charge in [-0.25, -0.2) is 8.78 Å². The van der Waals surface area contributed by atoms with Gasteiger partial charge in [-0.15, -0.1) is 0 Å². The molecule has 0 unspecified atom stereocenters. The zero-order valence-corrected chi connectivity index (χ0v) is 18.7. The molecule has 0 aliphatic rings. The van der Waals surface area contributed by atoms with Gasteiger partial charge in [0.15, 0.2) is 0 Å². The fourth-order valence-corrected chi connectivity index (χ4v) is 3.33. The molecule has 0 fully saturated rings. The summed E-state index contributed by atoms with van der Waals surface area (Å²) in [5, 5.41) is 3.29. The molecule has 0 saturated heterocycles. The number of nitrogens with zero attached hydrogens (tertiary/aromatic N) is 1. The van der Waals surface area contributed by atoms with Crippen LogP contribution in [0.1, 0.15) is 37.5 Å². The number of amides is 1. The number of hydrogen-bond acceptors (Lipinski definition) is 2. The molecule has 3 nitrogen and oxygen atoms in total. The van der Waals surface area contributed by atoms with Crippen molar-refractivity contribution in [3.05, 3.63) is 63.1 Å². The molecule has 0 spiro atoms. The second kappa shape index (κ2) is 10.8. The number of likely N-dealkylation sites (N-methyl/N-ethyl adjacent to an activating group) is 1. The molecule has 2 aromatic rings. The summed E-state index contributed by atoms with van der Waals surface area (Å²) >= 11 is 12.3. The van der Waals surface area contributed by atoms with Gasteiger partial charge < -0.3 is 10.2 Å². The van der Waals surface area contributed by atoms with Crippen LogP contribution in [0.15, 0.2) is 36.4 Å². The Morgan fingerprint density at radius 1 is 1.10 bits per heavy atom. The lowest BCUT2D eigenvalue weighted by Crippen LogP contribution is -2.25. The van der Waals surface area contributed by atoms with Crippen LogP contribution in [0, 0.1) is 11.8 Å². The van der Waals surface area contributed by atoms with Crippen molar-refractivity contribution in [3.8, 4) is 11.8 Å². The number of benzene rings is 2. The van der Waals surface area contributed by atoms with E-state index in [-0.39, 0.29) is 10.6 Å². The van der Waals surface area contributed by atoms with Crippen LogP contribution in [-0.2, 0) is 17.1 Å². The maximum Gasteiger partial charge on any atom is 0.300 e. The number of rotatable bonds is 7. The Balaban J connectivity index is 2.03. The minimum Gasteiger partial charge on any atom is -0.315 e. The van der Waals surface area contributed by atoms with E-state index in [2.05, 4.69) is 35.9 Å². The Hall–Kier alpha value is -2.13. The van der Waals surface area contributed by atoms with Gasteiger partial charge in [-0.2, -0.15) is 0 Å². The van der Waals surface area contributed by atoms with E-state index in [0.717, 1.165) is 44.6 Å². The smallest absolute Gasteiger partial charge is 0.300 e. The van der Waals surface area contributed by atoms with Gasteiger partial charge in [-0.05, 0) is 49.3 Å². The minimum atomic E-state index is -3.00. The van der Waals surface area contributed by atoms with Crippen molar-refractivity contribution in [2.45, 2.75) is 33.1 Å². The van der Waals surface area contributed by atoms with Gasteiger partial charge in [-0.1, -0.05) is 55.1 Å². The van der Waals surface area contributed by atoms with Crippen LogP contribution in [0.2, 0.25) is 10.0 Å². The van der Waals surface area contributed by atoms with Crippen molar-refractivity contribution in [1.29, 1.82) is 0 Å². The summed E-state index contributed by atoms with van der Waals surface area (Å²) in [7, 11) is 0. The van der Waals surface area contributed by atoms with E-state index in [1.807, 2.05) is 6.07 Å². The topological polar surface area (TPSA) is 32.3 Å². The molecular formula is C23H24Cl2F2N2O. The van der Waals surface area contributed by atoms with Gasteiger partial charge >= 0.3 is 5.91 Å². The fourth-order valence-electron chi connectivity index (χ4n) is 2.82. The zero-order valence-electron chi connectivity index (χ0n) is 17.2. The van der Waals surface area contributed by atoms with Crippen LogP contribution < -0.4 is 5.32 Å². The SMILES string of the molecule is CCN(CC)CCc1ccc(NC(=O)C#Cc2ccc(C(C)(F)F)cc2Cl)cc1Cl. The Bertz CT molecular complexity index is 958. The molecule has 2 aromatic carbocycles. The molecule has 0 heterocycles. The van der Waals surface area contributed by atoms with Gasteiger partial charge in [-0.3, -0.25) is 4.79 Å². The molecular weight excluding hydrogens is 429 g/mol. The number of nitrogens with one attached hydrogen (secondary N) is 1. The highest BCUT2D eigenvalue weighted by Crippen LogP contribution is 2.30. The van der Waals surface area contributed by atoms with Crippen LogP contribution in [0.5, 0.6) is 0 Å². The summed E-state index contributed by atoms with van der Waals surface area (Å²) < 4.78 is 26.7. The predicted octanol–water partition coefficient (Wildman–Crippen LogP) is 5.98. The van der Waals surface area contributed by atoms with E-state index in [0.29, 0.717) is 16.3 Å². The molecule has 0 saturated carbocycles. The molecule has 30 heavy (non-hydrogen) atoms. The lowest BCUT2D eigenvalue weighted by atomic mass is 10.1. The van der Waals surface area contributed by atoms with Crippen LogP contribution in [-0.4, -0.2) is 30.4 Å². The van der Waals surface area contributed by atoms with Gasteiger partial charge in [0.25, 0.3) is 5.92 Å². The van der Waals surface area contributed by atoms with Gasteiger partial charge in [0.1, 0.15) is 0 Å². The molecule has 1 N–H and O–H groups in total. The maximum absolute atomic E-state index is 13.3. The first-order valence-electron chi connectivity index (χ1n) is 9.65. The summed E-state index contributed by atoms with van der Waals surface area (Å²) in [5.41, 5.74) is 1.62. The Labute approximate surface area is 186 Å². The minimum absolute atomic E-state index is 0.0647. The highest BCUT2D eigenvalue weighted by molar-refractivity contribution is 6.32. The third-order valence-corrected chi connectivity index (χ3v) is 5.35. The van der Waals surface area contributed by atoms with E-state index in [9.17, 15) is 13.6 Å². The summed E-state index contributed by atoms with van der Waals surface area (Å²) in [6.45, 7) is 7.89. The second-order valence-electron chi connectivity index (χ2n) is 6.87. The van der Waals surface area contributed by atoms with Crippen LogP contribution in [0.3, 0.4) is 0 Å². The summed E-state index contributed by atoms with van der Waals surface area (Å²) in [6.07, 6.45) is 0.819. The van der Waals surface area contributed by atoms with Crippen LogP contribution in [0.4, 0.5) is 14.5 Å². The number of carbonyl (C=O) groups excluding carboxylic acids is 1. The van der Waals surface area contributed by atoms with E-state index in [4.69, 9.17) is 23.2 Å². The molecule has 0 aromatic heterocycles. The second-order valence-corrected chi connectivity index (χ2v) is 7.68. The van der Waals surface area contributed by atoms with Crippen molar-refractivity contribution in [2.24, 2.45) is 0 Å². The standard InChI is InChI=1S/C23H24Cl2F2N2O/c1-4-29(5-2)13-12-17-7-10-19(15-21(17)25)28-22(30)11-8-16-6-9-18(14-20(16)24)23(3,26)27/h6-7,9-10,14-15H,4-5,12-13H2,1-3H3,(H,28,30). The van der Waals surface area contributed by atoms with Crippen molar-refractivity contribution in [2.75, 3.05) is 25.0 Å². The molecule has 0 radical (unpaired) electrons. The first kappa shape index (κ1) is 24.1. The van der Waals surface area contributed by atoms with E-state index >= 15 is 0 Å². The van der Waals surface area contributed by atoms with E-state index in [1.165, 1.54) is 12.1 Å². The Morgan fingerprint density at radius 3 is 2.37 bits per heavy atom. The number of halogens is 4. The number of hydrogen-bond donors (Lipinski definition) is 1. The highest BCUT2D eigenvalue weighted by atomic mass is 35.5. The van der Waals surface area contributed by atoms with Crippen molar-refractivity contribution >= 4 is 34.8 Å². The summed E-state index contributed by atoms with van der Waals surface area (Å²) in [5.74, 6) is 1.47. The molecule has 0 bridgehead atoms. The zero-order chi connectivity index (χ0) is 22.3. The van der Waals surface area contributed by atoms with Crippen molar-refractivity contribution in [3.63, 3.8) is 0 Å². The van der Waals surface area contributed by atoms with Gasteiger partial charge in [0.2, 0.25) is 0 Å². The monoisotopic (exact) mass is 452 g/mol. The number of anilines is 1. The Kier molecular flexibility index (Phi) is 8.66. The largest absolute Gasteiger partial charge is 0.315 e. The van der Waals surface area contributed by atoms with Crippen LogP contribution >= 0.6 is 23.2 Å². The summed E-state index contributed by atoms with van der Waals surface area (Å²) in [6, 6.07) is 9.11. The number of carbonyl (C=O) groups is 1. The first-order chi connectivity index (χ1) is 14.1. The third kappa shape index (κ3) is 6.98. The van der Waals surface area contributed by atoms with E-state index < -0.39 is 11.8 Å². The molecule has 0 aliphatic carbocycles. The van der Waals surface area contributed by atoms with Crippen molar-refractivity contribution < 1.29 is 13.6 Å². The van der Waals surface area contributed by atoms with Crippen molar-refractivity contribution in [1.82, 2.24) is 4.90 Å². The first-order valence-corrected chi connectivity index (χ1v) is 10.4. The molecule has 7 heteroatoms. The molecule has 160 valence electrons. The maximum atomic E-state index is 13.3. The average Bonchev–Trinajstić information content (AvgIpc) is 2.68. The average molecular weight is 453 g/mol.